The minimum Gasteiger partial charge on any atom is -0.497 e. The zero-order valence-electron chi connectivity index (χ0n) is 12.1. The maximum Gasteiger partial charge on any atom is 0.258 e. The lowest BCUT2D eigenvalue weighted by molar-refractivity contribution is -0.123. The summed E-state index contributed by atoms with van der Waals surface area (Å²) in [6.45, 7) is 3.66. The smallest absolute Gasteiger partial charge is 0.258 e. The first kappa shape index (κ1) is 14.7. The van der Waals surface area contributed by atoms with Crippen LogP contribution in [-0.2, 0) is 11.3 Å². The highest BCUT2D eigenvalue weighted by atomic mass is 16.5. The van der Waals surface area contributed by atoms with E-state index in [1.165, 1.54) is 0 Å². The fourth-order valence-electron chi connectivity index (χ4n) is 1.86. The van der Waals surface area contributed by atoms with Gasteiger partial charge in [0.2, 0.25) is 0 Å². The number of ether oxygens (including phenoxy) is 2. The van der Waals surface area contributed by atoms with Gasteiger partial charge in [0, 0.05) is 18.2 Å². The Bertz CT molecular complexity index is 458. The van der Waals surface area contributed by atoms with Gasteiger partial charge < -0.3 is 20.1 Å². The first-order valence-electron chi connectivity index (χ1n) is 7.02. The zero-order valence-corrected chi connectivity index (χ0v) is 12.1. The van der Waals surface area contributed by atoms with E-state index in [2.05, 4.69) is 10.6 Å². The molecule has 1 fully saturated rings. The van der Waals surface area contributed by atoms with Crippen molar-refractivity contribution in [2.45, 2.75) is 32.4 Å². The maximum absolute atomic E-state index is 11.6. The quantitative estimate of drug-likeness (QED) is 0.756. The molecule has 5 nitrogen and oxygen atoms in total. The molecule has 20 heavy (non-hydrogen) atoms. The Morgan fingerprint density at radius 3 is 2.85 bits per heavy atom. The van der Waals surface area contributed by atoms with Gasteiger partial charge in [-0.25, -0.2) is 0 Å². The molecule has 2 rings (SSSR count). The number of amides is 1. The van der Waals surface area contributed by atoms with E-state index in [0.717, 1.165) is 36.4 Å². The van der Waals surface area contributed by atoms with Gasteiger partial charge in [-0.1, -0.05) is 6.92 Å². The van der Waals surface area contributed by atoms with Gasteiger partial charge in [-0.3, -0.25) is 4.79 Å². The van der Waals surface area contributed by atoms with Crippen LogP contribution < -0.4 is 20.1 Å². The molecule has 1 saturated carbocycles. The van der Waals surface area contributed by atoms with Crippen LogP contribution in [0.25, 0.3) is 0 Å². The van der Waals surface area contributed by atoms with E-state index in [1.807, 2.05) is 25.1 Å². The third-order valence-electron chi connectivity index (χ3n) is 3.13. The van der Waals surface area contributed by atoms with Crippen molar-refractivity contribution in [1.29, 1.82) is 0 Å². The Kier molecular flexibility index (Phi) is 5.24. The van der Waals surface area contributed by atoms with E-state index >= 15 is 0 Å². The Hall–Kier alpha value is -1.75. The highest BCUT2D eigenvalue weighted by Crippen LogP contribution is 2.24. The van der Waals surface area contributed by atoms with Crippen LogP contribution in [0.1, 0.15) is 25.3 Å². The summed E-state index contributed by atoms with van der Waals surface area (Å²) in [5.74, 6) is 1.45. The Labute approximate surface area is 119 Å². The third kappa shape index (κ3) is 4.42. The molecule has 0 aliphatic heterocycles. The molecule has 0 aromatic heterocycles. The number of carbonyl (C=O) groups excluding carboxylic acids is 1. The molecule has 0 unspecified atom stereocenters. The maximum atomic E-state index is 11.6. The van der Waals surface area contributed by atoms with Crippen LogP contribution >= 0.6 is 0 Å². The summed E-state index contributed by atoms with van der Waals surface area (Å²) in [4.78, 5) is 11.6. The molecule has 1 aliphatic rings. The van der Waals surface area contributed by atoms with Crippen molar-refractivity contribution in [2.24, 2.45) is 0 Å². The van der Waals surface area contributed by atoms with Crippen LogP contribution in [0, 0.1) is 0 Å². The van der Waals surface area contributed by atoms with Gasteiger partial charge in [0.05, 0.1) is 7.11 Å². The summed E-state index contributed by atoms with van der Waals surface area (Å²) >= 11 is 0. The minimum absolute atomic E-state index is 0.0575. The molecule has 1 aromatic rings. The predicted octanol–water partition coefficient (Wildman–Crippen LogP) is 1.46. The van der Waals surface area contributed by atoms with Crippen molar-refractivity contribution in [1.82, 2.24) is 10.6 Å². The lowest BCUT2D eigenvalue weighted by atomic mass is 10.2. The monoisotopic (exact) mass is 278 g/mol. The van der Waals surface area contributed by atoms with Crippen molar-refractivity contribution in [3.63, 3.8) is 0 Å². The zero-order chi connectivity index (χ0) is 14.4. The van der Waals surface area contributed by atoms with Gasteiger partial charge in [-0.05, 0) is 37.6 Å². The number of rotatable bonds is 8. The fourth-order valence-corrected chi connectivity index (χ4v) is 1.86. The van der Waals surface area contributed by atoms with Crippen molar-refractivity contribution < 1.29 is 14.3 Å². The van der Waals surface area contributed by atoms with E-state index in [4.69, 9.17) is 9.47 Å². The second-order valence-corrected chi connectivity index (χ2v) is 4.88. The molecule has 0 radical (unpaired) electrons. The summed E-state index contributed by atoms with van der Waals surface area (Å²) in [7, 11) is 1.63. The van der Waals surface area contributed by atoms with E-state index in [0.29, 0.717) is 12.6 Å². The van der Waals surface area contributed by atoms with Gasteiger partial charge >= 0.3 is 0 Å². The Morgan fingerprint density at radius 2 is 2.20 bits per heavy atom. The highest BCUT2D eigenvalue weighted by Gasteiger charge is 2.23. The molecule has 2 N–H and O–H groups in total. The number of hydrogen-bond donors (Lipinski definition) is 2. The first-order chi connectivity index (χ1) is 9.72. The number of carbonyl (C=O) groups is 1. The molecule has 0 heterocycles. The number of methoxy groups -OCH3 is 1. The lowest BCUT2D eigenvalue weighted by Crippen LogP contribution is -2.30. The van der Waals surface area contributed by atoms with E-state index in [-0.39, 0.29) is 12.5 Å². The second kappa shape index (κ2) is 7.14. The SMILES string of the molecule is CCNCc1cc(OC)ccc1OCC(=O)NC1CC1. The Balaban J connectivity index is 1.94. The number of hydrogen-bond acceptors (Lipinski definition) is 4. The average Bonchev–Trinajstić information content (AvgIpc) is 3.27. The summed E-state index contributed by atoms with van der Waals surface area (Å²) in [5, 5.41) is 6.16. The van der Waals surface area contributed by atoms with Crippen LogP contribution in [-0.4, -0.2) is 32.2 Å². The van der Waals surface area contributed by atoms with Gasteiger partial charge in [0.15, 0.2) is 6.61 Å². The molecule has 0 atom stereocenters. The molecule has 0 saturated heterocycles. The van der Waals surface area contributed by atoms with Crippen molar-refractivity contribution >= 4 is 5.91 Å². The van der Waals surface area contributed by atoms with Crippen LogP contribution in [0.3, 0.4) is 0 Å². The summed E-state index contributed by atoms with van der Waals surface area (Å²) in [6, 6.07) is 5.97. The van der Waals surface area contributed by atoms with Crippen molar-refractivity contribution in [3.8, 4) is 11.5 Å². The summed E-state index contributed by atoms with van der Waals surface area (Å²) in [5.41, 5.74) is 0.991. The van der Waals surface area contributed by atoms with Crippen LogP contribution in [0.5, 0.6) is 11.5 Å². The molecule has 1 aliphatic carbocycles. The fraction of sp³-hybridized carbons (Fsp3) is 0.533. The largest absolute Gasteiger partial charge is 0.497 e. The first-order valence-corrected chi connectivity index (χ1v) is 7.02. The molecule has 0 bridgehead atoms. The third-order valence-corrected chi connectivity index (χ3v) is 3.13. The topological polar surface area (TPSA) is 59.6 Å². The molecule has 1 amide bonds. The van der Waals surface area contributed by atoms with E-state index < -0.39 is 0 Å². The van der Waals surface area contributed by atoms with Gasteiger partial charge in [-0.2, -0.15) is 0 Å². The molecular weight excluding hydrogens is 256 g/mol. The van der Waals surface area contributed by atoms with Crippen LogP contribution in [0.15, 0.2) is 18.2 Å². The lowest BCUT2D eigenvalue weighted by Gasteiger charge is -2.13. The summed E-state index contributed by atoms with van der Waals surface area (Å²) in [6.07, 6.45) is 2.17. The highest BCUT2D eigenvalue weighted by molar-refractivity contribution is 5.78. The van der Waals surface area contributed by atoms with Gasteiger partial charge in [0.25, 0.3) is 5.91 Å². The normalized spacial score (nSPS) is 13.9. The minimum atomic E-state index is -0.0577. The van der Waals surface area contributed by atoms with Crippen molar-refractivity contribution in [2.75, 3.05) is 20.3 Å². The molecule has 110 valence electrons. The standard InChI is InChI=1S/C15H22N2O3/c1-3-16-9-11-8-13(19-2)6-7-14(11)20-10-15(18)17-12-4-5-12/h6-8,12,16H,3-5,9-10H2,1-2H3,(H,17,18). The van der Waals surface area contributed by atoms with E-state index in [9.17, 15) is 4.79 Å². The second-order valence-electron chi connectivity index (χ2n) is 4.88. The van der Waals surface area contributed by atoms with Crippen molar-refractivity contribution in [3.05, 3.63) is 23.8 Å². The molecular formula is C15H22N2O3. The molecule has 5 heteroatoms. The van der Waals surface area contributed by atoms with E-state index in [1.54, 1.807) is 7.11 Å². The average molecular weight is 278 g/mol. The number of benzene rings is 1. The summed E-state index contributed by atoms with van der Waals surface area (Å²) < 4.78 is 10.8. The number of nitrogens with one attached hydrogen (secondary N) is 2. The van der Waals surface area contributed by atoms with Gasteiger partial charge in [-0.15, -0.1) is 0 Å². The predicted molar refractivity (Wildman–Crippen MR) is 77.0 cm³/mol. The van der Waals surface area contributed by atoms with Crippen LogP contribution in [0.4, 0.5) is 0 Å². The van der Waals surface area contributed by atoms with Gasteiger partial charge in [0.1, 0.15) is 11.5 Å². The Morgan fingerprint density at radius 1 is 1.40 bits per heavy atom. The molecule has 0 spiro atoms. The van der Waals surface area contributed by atoms with Crippen LogP contribution in [0.2, 0.25) is 0 Å². The molecule has 1 aromatic carbocycles.